The Morgan fingerprint density at radius 2 is 0.512 bits per heavy atom. The molecule has 0 spiro atoms. The van der Waals surface area contributed by atoms with Gasteiger partial charge in [-0.3, -0.25) is 0 Å². The molecule has 0 N–H and O–H groups in total. The first kappa shape index (κ1) is 68.0. The highest BCUT2D eigenvalue weighted by atomic mass is 32.1. The van der Waals surface area contributed by atoms with Gasteiger partial charge in [0.25, 0.3) is 0 Å². The molecule has 0 bridgehead atoms. The Balaban J connectivity index is 0.000000135. The van der Waals surface area contributed by atoms with E-state index in [9.17, 15) is 0 Å². The maximum Gasteiger partial charge on any atom is 0.164 e. The summed E-state index contributed by atoms with van der Waals surface area (Å²) in [4.78, 5) is 29.8. The van der Waals surface area contributed by atoms with Crippen molar-refractivity contribution >= 4 is 163 Å². The lowest BCUT2D eigenvalue weighted by atomic mass is 10.1. The van der Waals surface area contributed by atoms with E-state index in [2.05, 4.69) is 267 Å². The number of aromatic nitrogens is 10. The number of nitrogens with zero attached hydrogens (tertiary/aromatic N) is 10. The maximum atomic E-state index is 6.68. The molecule has 121 heavy (non-hydrogen) atoms. The second-order valence-electron chi connectivity index (χ2n) is 30.8. The number of hydrogen-bond donors (Lipinski definition) is 0. The predicted octanol–water partition coefficient (Wildman–Crippen LogP) is 28.3. The number of furan rings is 2. The smallest absolute Gasteiger partial charge is 0.164 e. The van der Waals surface area contributed by atoms with Crippen LogP contribution in [0.1, 0.15) is 0 Å². The number of thiophene rings is 1. The van der Waals surface area contributed by atoms with Crippen LogP contribution in [-0.2, 0) is 0 Å². The van der Waals surface area contributed by atoms with Crippen LogP contribution in [0, 0.1) is 0 Å². The fourth-order valence-electron chi connectivity index (χ4n) is 18.4. The van der Waals surface area contributed by atoms with E-state index in [1.165, 1.54) is 63.3 Å². The first-order valence-electron chi connectivity index (χ1n) is 40.5. The van der Waals surface area contributed by atoms with Crippen molar-refractivity contribution in [1.29, 1.82) is 0 Å². The van der Waals surface area contributed by atoms with E-state index in [0.29, 0.717) is 34.9 Å². The lowest BCUT2D eigenvalue weighted by molar-refractivity contribution is 0.669. The molecule has 0 radical (unpaired) electrons. The minimum Gasteiger partial charge on any atom is -0.456 e. The van der Waals surface area contributed by atoms with Gasteiger partial charge in [-0.05, 0) is 152 Å². The van der Waals surface area contributed by atoms with Gasteiger partial charge in [0.15, 0.2) is 40.5 Å². The van der Waals surface area contributed by atoms with Gasteiger partial charge in [-0.1, -0.05) is 237 Å². The Morgan fingerprint density at radius 3 is 1.02 bits per heavy atom. The fourth-order valence-corrected chi connectivity index (χ4v) is 19.5. The molecule has 26 aromatic rings. The summed E-state index contributed by atoms with van der Waals surface area (Å²) in [6.07, 6.45) is 0. The molecule has 0 saturated carbocycles. The third-order valence-corrected chi connectivity index (χ3v) is 25.1. The molecule has 0 unspecified atom stereocenters. The highest BCUT2D eigenvalue weighted by molar-refractivity contribution is 7.25. The zero-order valence-electron chi connectivity index (χ0n) is 64.6. The van der Waals surface area contributed by atoms with Crippen LogP contribution >= 0.6 is 11.3 Å². The Labute approximate surface area is 694 Å². The van der Waals surface area contributed by atoms with Gasteiger partial charge < -0.3 is 27.1 Å². The second kappa shape index (κ2) is 27.2. The van der Waals surface area contributed by atoms with Gasteiger partial charge in [-0.15, -0.1) is 11.3 Å². The van der Waals surface area contributed by atoms with Crippen molar-refractivity contribution in [1.82, 2.24) is 48.2 Å². The summed E-state index contributed by atoms with van der Waals surface area (Å²) in [6, 6.07) is 137. The summed E-state index contributed by atoms with van der Waals surface area (Å²) in [5.74, 6) is 3.87. The molecule has 0 fully saturated rings. The van der Waals surface area contributed by atoms with Crippen molar-refractivity contribution < 1.29 is 8.83 Å². The average molecular weight is 1570 g/mol. The molecular formula is C108H64N10O2S. The second-order valence-corrected chi connectivity index (χ2v) is 31.9. The monoisotopic (exact) mass is 1560 g/mol. The first-order chi connectivity index (χ1) is 60.0. The fraction of sp³-hybridized carbons (Fsp3) is 0. The highest BCUT2D eigenvalue weighted by Crippen LogP contribution is 2.46. The third-order valence-electron chi connectivity index (χ3n) is 23.9. The zero-order chi connectivity index (χ0) is 79.3. The van der Waals surface area contributed by atoms with Crippen molar-refractivity contribution in [2.75, 3.05) is 0 Å². The average Bonchev–Trinajstić information content (AvgIpc) is 1.56. The molecule has 17 aromatic carbocycles. The van der Waals surface area contributed by atoms with Crippen molar-refractivity contribution in [3.05, 3.63) is 388 Å². The zero-order valence-corrected chi connectivity index (χ0v) is 65.5. The maximum absolute atomic E-state index is 6.68. The van der Waals surface area contributed by atoms with E-state index in [1.807, 2.05) is 151 Å². The normalized spacial score (nSPS) is 12.0. The summed E-state index contributed by atoms with van der Waals surface area (Å²) in [5, 5.41) is 16.4. The Kier molecular flexibility index (Phi) is 15.3. The van der Waals surface area contributed by atoms with Gasteiger partial charge in [-0.25, -0.2) is 29.9 Å². The van der Waals surface area contributed by atoms with Crippen LogP contribution in [0.2, 0.25) is 0 Å². The van der Waals surface area contributed by atoms with Crippen molar-refractivity contribution in [3.8, 4) is 91.1 Å². The third kappa shape index (κ3) is 11.0. The molecule has 0 aliphatic carbocycles. The topological polar surface area (TPSA) is 123 Å². The number of rotatable bonds is 10. The summed E-state index contributed by atoms with van der Waals surface area (Å²) >= 11 is 1.81. The van der Waals surface area contributed by atoms with Crippen LogP contribution in [-0.4, -0.2) is 48.2 Å². The quantitative estimate of drug-likeness (QED) is 0.133. The number of para-hydroxylation sites is 6. The van der Waals surface area contributed by atoms with Crippen LogP contribution in [0.4, 0.5) is 0 Å². The van der Waals surface area contributed by atoms with Gasteiger partial charge in [0.2, 0.25) is 0 Å². The first-order valence-corrected chi connectivity index (χ1v) is 41.4. The van der Waals surface area contributed by atoms with Crippen LogP contribution in [0.5, 0.6) is 0 Å². The lowest BCUT2D eigenvalue weighted by Gasteiger charge is -2.11. The molecule has 9 aromatic heterocycles. The highest BCUT2D eigenvalue weighted by Gasteiger charge is 2.25. The largest absolute Gasteiger partial charge is 0.456 e. The van der Waals surface area contributed by atoms with E-state index in [-0.39, 0.29) is 0 Å². The van der Waals surface area contributed by atoms with Crippen LogP contribution in [0.3, 0.4) is 0 Å². The van der Waals surface area contributed by atoms with Crippen molar-refractivity contribution in [2.45, 2.75) is 0 Å². The molecule has 12 nitrogen and oxygen atoms in total. The Hall–Kier alpha value is -16.2. The van der Waals surface area contributed by atoms with E-state index in [0.717, 1.165) is 144 Å². The molecule has 0 atom stereocenters. The molecule has 26 rings (SSSR count). The Bertz CT molecular complexity index is 8600. The Morgan fingerprint density at radius 1 is 0.182 bits per heavy atom. The van der Waals surface area contributed by atoms with E-state index in [4.69, 9.17) is 38.7 Å². The van der Waals surface area contributed by atoms with Gasteiger partial charge >= 0.3 is 0 Å². The van der Waals surface area contributed by atoms with E-state index in [1.54, 1.807) is 0 Å². The number of fused-ring (bicyclic) bond motifs is 22. The minimum absolute atomic E-state index is 0.632. The van der Waals surface area contributed by atoms with Crippen molar-refractivity contribution in [2.24, 2.45) is 0 Å². The van der Waals surface area contributed by atoms with E-state index >= 15 is 0 Å². The van der Waals surface area contributed by atoms with Gasteiger partial charge in [0.05, 0.1) is 44.1 Å². The van der Waals surface area contributed by atoms with Crippen LogP contribution < -0.4 is 0 Å². The molecule has 13 heteroatoms. The van der Waals surface area contributed by atoms with Gasteiger partial charge in [-0.2, -0.15) is 0 Å². The predicted molar refractivity (Wildman–Crippen MR) is 497 cm³/mol. The molecule has 0 saturated heterocycles. The van der Waals surface area contributed by atoms with Crippen LogP contribution in [0.15, 0.2) is 397 Å². The molecule has 0 aliphatic heterocycles. The lowest BCUT2D eigenvalue weighted by Crippen LogP contribution is -2.00. The van der Waals surface area contributed by atoms with Crippen LogP contribution in [0.25, 0.3) is 242 Å². The molecule has 0 aliphatic rings. The van der Waals surface area contributed by atoms with Gasteiger partial charge in [0.1, 0.15) is 16.7 Å². The van der Waals surface area contributed by atoms with Gasteiger partial charge in [0, 0.05) is 141 Å². The van der Waals surface area contributed by atoms with E-state index < -0.39 is 0 Å². The summed E-state index contributed by atoms with van der Waals surface area (Å²) in [5.41, 5.74) is 22.7. The molecule has 0 amide bonds. The summed E-state index contributed by atoms with van der Waals surface area (Å²) in [7, 11) is 0. The molecule has 9 heterocycles. The summed E-state index contributed by atoms with van der Waals surface area (Å²) < 4.78 is 25.0. The standard InChI is InChI=1S/C57H33N5OS.C51H31N5O/c1-3-13-34(14-4-1)55-58-56(35-15-5-2-6-16-35)60-57(59-55)36-23-29-51-45(31-36)46-33-37(25-30-52(46)64-51)61-47-20-10-8-18-40(47)44-32-38(24-28-49(44)61)62-48-21-11-7-17-39(48)42-26-27-43-41-19-9-12-22-50(41)63-54(43)53(42)62;1-3-13-32(14-4-1)49-52-50(33-15-5-2-6-16-33)54-51(53-49)34-23-25-35(26-24-34)55-43-20-10-7-17-37(43)40-29-36(27-28-45(40)55)56-44-21-11-8-18-38(44)41-31-48-42(30-46(41)56)39-19-9-12-22-47(39)57-48/h1-33H;1-31H. The van der Waals surface area contributed by atoms with Crippen molar-refractivity contribution in [3.63, 3.8) is 0 Å². The minimum atomic E-state index is 0.632. The SMILES string of the molecule is c1ccc(-c2nc(-c3ccccc3)nc(-c3ccc(-n4c5ccccc5c5cc(-n6c7ccccc7c7cc8oc9ccccc9c8cc76)ccc54)cc3)n2)cc1.c1ccc(-c2nc(-c3ccccc3)nc(-c3ccc4sc5ccc(-n6c7ccccc7c7cc(-n8c9ccccc9c9ccc%10c%11ccccc%11oc%10c98)ccc76)cc5c4c3)n2)cc1. The number of hydrogen-bond acceptors (Lipinski definition) is 9. The molecular weight excluding hydrogens is 1500 g/mol. The summed E-state index contributed by atoms with van der Waals surface area (Å²) in [6.45, 7) is 0. The molecule has 564 valence electrons. The number of benzene rings is 17.